The molecule has 1 aliphatic rings. The molecule has 0 aliphatic carbocycles. The standard InChI is InChI=1S/C36H36FN5O5S/c1-5-45-35(44)33-23(3)39-36(48)40-34(33)30-8-6-7-9-31(30)47-21-32(43)41-38-19-26-18-22(2)42(24(26)4)28-14-16-29(17-15-28)46-20-25-10-12-27(37)13-11-25/h6-19,34H,5,20-21H2,1-4H3,(H,41,43)(H2,39,40,48)/t34-/m1/s1. The fraction of sp³-hybridized carbons (Fsp3) is 0.222. The van der Waals surface area contributed by atoms with Crippen molar-refractivity contribution in [3.8, 4) is 17.2 Å². The van der Waals surface area contributed by atoms with Crippen LogP contribution in [0, 0.1) is 19.7 Å². The Morgan fingerprint density at radius 3 is 2.48 bits per heavy atom. The Morgan fingerprint density at radius 1 is 1.02 bits per heavy atom. The van der Waals surface area contributed by atoms with Crippen LogP contribution in [0.4, 0.5) is 4.39 Å². The van der Waals surface area contributed by atoms with Crippen LogP contribution in [0.15, 0.2) is 95.2 Å². The largest absolute Gasteiger partial charge is 0.489 e. The van der Waals surface area contributed by atoms with E-state index in [9.17, 15) is 14.0 Å². The van der Waals surface area contributed by atoms with Crippen molar-refractivity contribution in [1.29, 1.82) is 0 Å². The van der Waals surface area contributed by atoms with Gasteiger partial charge in [0.25, 0.3) is 5.91 Å². The lowest BCUT2D eigenvalue weighted by Crippen LogP contribution is -2.45. The van der Waals surface area contributed by atoms with Crippen LogP contribution in [0.2, 0.25) is 0 Å². The molecule has 0 saturated heterocycles. The molecule has 0 radical (unpaired) electrons. The number of carbonyl (C=O) groups excluding carboxylic acids is 2. The molecule has 2 heterocycles. The summed E-state index contributed by atoms with van der Waals surface area (Å²) in [6.07, 6.45) is 1.59. The van der Waals surface area contributed by atoms with Gasteiger partial charge >= 0.3 is 5.97 Å². The molecule has 10 nitrogen and oxygen atoms in total. The Kier molecular flexibility index (Phi) is 10.9. The van der Waals surface area contributed by atoms with Crippen molar-refractivity contribution in [2.45, 2.75) is 40.3 Å². The van der Waals surface area contributed by atoms with Crippen molar-refractivity contribution in [3.63, 3.8) is 0 Å². The molecule has 3 aromatic carbocycles. The first-order chi connectivity index (χ1) is 23.1. The number of carbonyl (C=O) groups is 2. The number of rotatable bonds is 12. The van der Waals surface area contributed by atoms with Gasteiger partial charge in [0.05, 0.1) is 24.4 Å². The number of aromatic nitrogens is 1. The highest BCUT2D eigenvalue weighted by atomic mass is 32.1. The molecule has 0 fully saturated rings. The topological polar surface area (TPSA) is 115 Å². The summed E-state index contributed by atoms with van der Waals surface area (Å²) in [5, 5.41) is 10.6. The van der Waals surface area contributed by atoms with Gasteiger partial charge in [-0.25, -0.2) is 14.6 Å². The van der Waals surface area contributed by atoms with Crippen LogP contribution in [0.5, 0.6) is 11.5 Å². The van der Waals surface area contributed by atoms with E-state index >= 15 is 0 Å². The van der Waals surface area contributed by atoms with E-state index in [0.717, 1.165) is 28.2 Å². The molecule has 48 heavy (non-hydrogen) atoms. The molecule has 248 valence electrons. The van der Waals surface area contributed by atoms with Gasteiger partial charge in [-0.2, -0.15) is 5.10 Å². The minimum atomic E-state index is -0.629. The first kappa shape index (κ1) is 33.9. The third-order valence-electron chi connectivity index (χ3n) is 7.63. The minimum Gasteiger partial charge on any atom is -0.489 e. The van der Waals surface area contributed by atoms with Crippen molar-refractivity contribution in [1.82, 2.24) is 20.6 Å². The maximum atomic E-state index is 13.2. The molecule has 0 saturated carbocycles. The summed E-state index contributed by atoms with van der Waals surface area (Å²) in [4.78, 5) is 25.5. The van der Waals surface area contributed by atoms with Crippen LogP contribution in [-0.4, -0.2) is 41.0 Å². The summed E-state index contributed by atoms with van der Waals surface area (Å²) < 4.78 is 32.2. The number of aryl methyl sites for hydroxylation is 1. The summed E-state index contributed by atoms with van der Waals surface area (Å²) in [5.74, 6) is -0.119. The average Bonchev–Trinajstić information content (AvgIpc) is 3.35. The number of hydrogen-bond acceptors (Lipinski definition) is 7. The van der Waals surface area contributed by atoms with Crippen molar-refractivity contribution in [2.24, 2.45) is 5.10 Å². The number of nitrogens with one attached hydrogen (secondary N) is 3. The molecule has 5 rings (SSSR count). The van der Waals surface area contributed by atoms with E-state index < -0.39 is 17.9 Å². The highest BCUT2D eigenvalue weighted by Crippen LogP contribution is 2.33. The molecule has 0 unspecified atom stereocenters. The highest BCUT2D eigenvalue weighted by Gasteiger charge is 2.32. The van der Waals surface area contributed by atoms with E-state index in [1.54, 1.807) is 50.4 Å². The van der Waals surface area contributed by atoms with E-state index in [1.807, 2.05) is 50.2 Å². The second-order valence-corrected chi connectivity index (χ2v) is 11.4. The maximum Gasteiger partial charge on any atom is 0.338 e. The van der Waals surface area contributed by atoms with Crippen LogP contribution < -0.4 is 25.5 Å². The van der Waals surface area contributed by atoms with Gasteiger partial charge in [-0.1, -0.05) is 30.3 Å². The van der Waals surface area contributed by atoms with Crippen LogP contribution in [0.25, 0.3) is 5.69 Å². The highest BCUT2D eigenvalue weighted by molar-refractivity contribution is 7.80. The molecule has 3 N–H and O–H groups in total. The molecule has 4 aromatic rings. The van der Waals surface area contributed by atoms with E-state index in [-0.39, 0.29) is 19.0 Å². The van der Waals surface area contributed by atoms with Gasteiger partial charge in [0.2, 0.25) is 0 Å². The number of halogens is 1. The molecule has 0 bridgehead atoms. The fourth-order valence-corrected chi connectivity index (χ4v) is 5.63. The summed E-state index contributed by atoms with van der Waals surface area (Å²) in [7, 11) is 0. The number of ether oxygens (including phenoxy) is 3. The maximum absolute atomic E-state index is 13.2. The number of para-hydroxylation sites is 1. The first-order valence-electron chi connectivity index (χ1n) is 15.3. The SMILES string of the molecule is CCOC(=O)C1=C(C)NC(=S)N[C@@H]1c1ccccc1OCC(=O)NN=Cc1cc(C)n(-c2ccc(OCc3ccc(F)cc3)cc2)c1C. The van der Waals surface area contributed by atoms with Gasteiger partial charge in [-0.15, -0.1) is 0 Å². The number of allylic oxidation sites excluding steroid dienone is 1. The third kappa shape index (κ3) is 8.07. The van der Waals surface area contributed by atoms with Crippen molar-refractivity contribution in [2.75, 3.05) is 13.2 Å². The molecule has 1 aliphatic heterocycles. The van der Waals surface area contributed by atoms with Crippen molar-refractivity contribution < 1.29 is 28.2 Å². The Bertz CT molecular complexity index is 1870. The quantitative estimate of drug-likeness (QED) is 0.0763. The zero-order valence-corrected chi connectivity index (χ0v) is 27.8. The third-order valence-corrected chi connectivity index (χ3v) is 7.85. The van der Waals surface area contributed by atoms with Gasteiger partial charge in [0, 0.05) is 33.9 Å². The van der Waals surface area contributed by atoms with Gasteiger partial charge in [0.1, 0.15) is 23.9 Å². The van der Waals surface area contributed by atoms with E-state index in [1.165, 1.54) is 12.1 Å². The number of benzene rings is 3. The molecule has 1 aromatic heterocycles. The lowest BCUT2D eigenvalue weighted by atomic mass is 9.95. The molecule has 0 spiro atoms. The zero-order chi connectivity index (χ0) is 34.2. The second-order valence-electron chi connectivity index (χ2n) is 11.0. The first-order valence-corrected chi connectivity index (χ1v) is 15.7. The van der Waals surface area contributed by atoms with Gasteiger partial charge in [-0.3, -0.25) is 4.79 Å². The second kappa shape index (κ2) is 15.4. The zero-order valence-electron chi connectivity index (χ0n) is 27.0. The number of esters is 1. The monoisotopic (exact) mass is 669 g/mol. The van der Waals surface area contributed by atoms with Gasteiger partial charge < -0.3 is 29.4 Å². The summed E-state index contributed by atoms with van der Waals surface area (Å²) in [6.45, 7) is 7.70. The Labute approximate surface area is 283 Å². The summed E-state index contributed by atoms with van der Waals surface area (Å²) in [6, 6.07) is 22.3. The normalized spacial score (nSPS) is 14.4. The van der Waals surface area contributed by atoms with E-state index in [0.29, 0.717) is 40.1 Å². The van der Waals surface area contributed by atoms with Crippen molar-refractivity contribution in [3.05, 3.63) is 124 Å². The molecule has 12 heteroatoms. The summed E-state index contributed by atoms with van der Waals surface area (Å²) in [5.41, 5.74) is 8.66. The fourth-order valence-electron chi connectivity index (χ4n) is 5.36. The van der Waals surface area contributed by atoms with Crippen molar-refractivity contribution >= 4 is 35.4 Å². The predicted octanol–water partition coefficient (Wildman–Crippen LogP) is 5.70. The van der Waals surface area contributed by atoms with E-state index in [4.69, 9.17) is 26.4 Å². The summed E-state index contributed by atoms with van der Waals surface area (Å²) >= 11 is 5.34. The number of nitrogens with zero attached hydrogens (tertiary/aromatic N) is 2. The molecular weight excluding hydrogens is 633 g/mol. The predicted molar refractivity (Wildman–Crippen MR) is 185 cm³/mol. The van der Waals surface area contributed by atoms with Crippen LogP contribution in [0.3, 0.4) is 0 Å². The number of hydrogen-bond donors (Lipinski definition) is 3. The molecular formula is C36H36FN5O5S. The molecule has 1 amide bonds. The van der Waals surface area contributed by atoms with Gasteiger partial charge in [-0.05, 0) is 94.0 Å². The lowest BCUT2D eigenvalue weighted by Gasteiger charge is -2.30. The lowest BCUT2D eigenvalue weighted by molar-refractivity contribution is -0.139. The number of thiocarbonyl (C=S) groups is 1. The Hall–Kier alpha value is -5.49. The van der Waals surface area contributed by atoms with E-state index in [2.05, 4.69) is 25.7 Å². The Morgan fingerprint density at radius 2 is 1.75 bits per heavy atom. The average molecular weight is 670 g/mol. The van der Waals surface area contributed by atoms with Crippen LogP contribution in [0.1, 0.15) is 48.0 Å². The van der Waals surface area contributed by atoms with Gasteiger partial charge in [0.15, 0.2) is 11.7 Å². The Balaban J connectivity index is 1.20. The molecule has 1 atom stereocenters. The smallest absolute Gasteiger partial charge is 0.338 e. The minimum absolute atomic E-state index is 0.221. The number of amides is 1. The van der Waals surface area contributed by atoms with Crippen LogP contribution >= 0.6 is 12.2 Å². The van der Waals surface area contributed by atoms with Crippen LogP contribution in [-0.2, 0) is 20.9 Å². The number of hydrazone groups is 1.